The summed E-state index contributed by atoms with van der Waals surface area (Å²) in [4.78, 5) is 0. The number of hydrogen-bond acceptors (Lipinski definition) is 1. The summed E-state index contributed by atoms with van der Waals surface area (Å²) in [5, 5.41) is 0. The van der Waals surface area contributed by atoms with Gasteiger partial charge in [-0.2, -0.15) is 0 Å². The van der Waals surface area contributed by atoms with Crippen LogP contribution in [0.5, 0.6) is 0 Å². The Morgan fingerprint density at radius 2 is 2.17 bits per heavy atom. The highest BCUT2D eigenvalue weighted by Gasteiger charge is 2.26. The Morgan fingerprint density at radius 3 is 2.83 bits per heavy atom. The molecule has 2 rings (SSSR count). The molecule has 1 aromatic carbocycles. The molecule has 2 heteroatoms. The van der Waals surface area contributed by atoms with E-state index in [1.807, 2.05) is 12.1 Å². The molecule has 100 valence electrons. The summed E-state index contributed by atoms with van der Waals surface area (Å²) in [7, 11) is 0. The molecule has 0 saturated heterocycles. The Bertz CT molecular complexity index is 402. The molecule has 0 aliphatic heterocycles. The predicted octanol–water partition coefficient (Wildman–Crippen LogP) is 4.35. The first-order valence-corrected chi connectivity index (χ1v) is 7.13. The third-order valence-electron chi connectivity index (χ3n) is 4.49. The second-order valence-electron chi connectivity index (χ2n) is 5.74. The molecule has 1 nitrogen and oxygen atoms in total. The Morgan fingerprint density at radius 1 is 1.39 bits per heavy atom. The molecular weight excluding hydrogens is 225 g/mol. The monoisotopic (exact) mass is 249 g/mol. The summed E-state index contributed by atoms with van der Waals surface area (Å²) < 4.78 is 13.6. The van der Waals surface area contributed by atoms with Crippen molar-refractivity contribution in [1.29, 1.82) is 0 Å². The highest BCUT2D eigenvalue weighted by molar-refractivity contribution is 5.26. The van der Waals surface area contributed by atoms with Gasteiger partial charge in [0.1, 0.15) is 5.82 Å². The molecule has 2 N–H and O–H groups in total. The van der Waals surface area contributed by atoms with E-state index in [0.29, 0.717) is 11.5 Å². The van der Waals surface area contributed by atoms with Crippen LogP contribution in [0.1, 0.15) is 56.2 Å². The first-order valence-electron chi connectivity index (χ1n) is 7.13. The Balaban J connectivity index is 2.10. The number of aryl methyl sites for hydroxylation is 1. The van der Waals surface area contributed by atoms with Gasteiger partial charge in [-0.1, -0.05) is 38.3 Å². The lowest BCUT2D eigenvalue weighted by atomic mass is 9.75. The van der Waals surface area contributed by atoms with Crippen LogP contribution in [0.25, 0.3) is 0 Å². The number of benzene rings is 1. The lowest BCUT2D eigenvalue weighted by Gasteiger charge is -2.32. The topological polar surface area (TPSA) is 26.0 Å². The number of nitrogens with two attached hydrogens (primary N) is 1. The van der Waals surface area contributed by atoms with Crippen molar-refractivity contribution in [3.63, 3.8) is 0 Å². The van der Waals surface area contributed by atoms with Gasteiger partial charge in [0.25, 0.3) is 0 Å². The average molecular weight is 249 g/mol. The van der Waals surface area contributed by atoms with Crippen molar-refractivity contribution in [1.82, 2.24) is 0 Å². The summed E-state index contributed by atoms with van der Waals surface area (Å²) in [6, 6.07) is 5.44. The van der Waals surface area contributed by atoms with E-state index < -0.39 is 0 Å². The van der Waals surface area contributed by atoms with Crippen molar-refractivity contribution in [2.45, 2.75) is 52.0 Å². The van der Waals surface area contributed by atoms with Crippen molar-refractivity contribution in [3.8, 4) is 0 Å². The van der Waals surface area contributed by atoms with Gasteiger partial charge in [0, 0.05) is 6.04 Å². The first-order chi connectivity index (χ1) is 8.61. The van der Waals surface area contributed by atoms with Gasteiger partial charge in [0.2, 0.25) is 0 Å². The van der Waals surface area contributed by atoms with Crippen LogP contribution in [-0.2, 0) is 0 Å². The van der Waals surface area contributed by atoms with Crippen molar-refractivity contribution in [3.05, 3.63) is 35.1 Å². The smallest absolute Gasteiger partial charge is 0.126 e. The van der Waals surface area contributed by atoms with Crippen LogP contribution in [-0.4, -0.2) is 0 Å². The molecule has 0 heterocycles. The van der Waals surface area contributed by atoms with Gasteiger partial charge >= 0.3 is 0 Å². The van der Waals surface area contributed by atoms with E-state index in [-0.39, 0.29) is 11.9 Å². The van der Waals surface area contributed by atoms with Crippen molar-refractivity contribution >= 4 is 0 Å². The molecule has 1 saturated carbocycles. The van der Waals surface area contributed by atoms with Gasteiger partial charge in [0.15, 0.2) is 0 Å². The highest BCUT2D eigenvalue weighted by atomic mass is 19.1. The lowest BCUT2D eigenvalue weighted by molar-refractivity contribution is 0.230. The largest absolute Gasteiger partial charge is 0.324 e. The highest BCUT2D eigenvalue weighted by Crippen LogP contribution is 2.37. The first kappa shape index (κ1) is 13.5. The van der Waals surface area contributed by atoms with Crippen LogP contribution < -0.4 is 5.73 Å². The number of halogens is 1. The molecule has 0 aromatic heterocycles. The molecule has 1 aliphatic carbocycles. The van der Waals surface area contributed by atoms with Crippen LogP contribution in [0.4, 0.5) is 4.39 Å². The van der Waals surface area contributed by atoms with Crippen molar-refractivity contribution in [2.75, 3.05) is 0 Å². The molecule has 0 spiro atoms. The fraction of sp³-hybridized carbons (Fsp3) is 0.625. The molecule has 3 unspecified atom stereocenters. The Hall–Kier alpha value is -0.890. The average Bonchev–Trinajstić information content (AvgIpc) is 2.41. The molecular formula is C16H24FN. The Labute approximate surface area is 110 Å². The van der Waals surface area contributed by atoms with Crippen molar-refractivity contribution < 1.29 is 4.39 Å². The van der Waals surface area contributed by atoms with Crippen LogP contribution >= 0.6 is 0 Å². The predicted molar refractivity (Wildman–Crippen MR) is 73.8 cm³/mol. The van der Waals surface area contributed by atoms with E-state index in [2.05, 4.69) is 6.92 Å². The molecule has 18 heavy (non-hydrogen) atoms. The maximum atomic E-state index is 13.6. The zero-order valence-electron chi connectivity index (χ0n) is 11.5. The minimum atomic E-state index is -0.134. The fourth-order valence-electron chi connectivity index (χ4n) is 3.12. The summed E-state index contributed by atoms with van der Waals surface area (Å²) in [5.41, 5.74) is 7.99. The van der Waals surface area contributed by atoms with Crippen LogP contribution in [0.2, 0.25) is 0 Å². The molecule has 1 aromatic rings. The minimum absolute atomic E-state index is 0.00514. The van der Waals surface area contributed by atoms with Gasteiger partial charge in [-0.25, -0.2) is 4.39 Å². The maximum Gasteiger partial charge on any atom is 0.126 e. The molecule has 3 atom stereocenters. The van der Waals surface area contributed by atoms with E-state index in [1.54, 1.807) is 13.0 Å². The van der Waals surface area contributed by atoms with Crippen molar-refractivity contribution in [2.24, 2.45) is 17.6 Å². The standard InChI is InChI=1S/C16H24FN/c1-3-12-5-4-6-13(9-12)16(18)14-8-7-11(2)15(17)10-14/h7-8,10,12-13,16H,3-6,9,18H2,1-2H3. The van der Waals surface area contributed by atoms with Crippen LogP contribution in [0.15, 0.2) is 18.2 Å². The van der Waals surface area contributed by atoms with Gasteiger partial charge in [-0.15, -0.1) is 0 Å². The number of rotatable bonds is 3. The third-order valence-corrected chi connectivity index (χ3v) is 4.49. The fourth-order valence-corrected chi connectivity index (χ4v) is 3.12. The van der Waals surface area contributed by atoms with E-state index in [4.69, 9.17) is 5.73 Å². The van der Waals surface area contributed by atoms with Crippen LogP contribution in [0, 0.1) is 24.6 Å². The summed E-state index contributed by atoms with van der Waals surface area (Å²) in [6.45, 7) is 4.04. The molecule has 1 aliphatic rings. The molecule has 0 amide bonds. The van der Waals surface area contributed by atoms with E-state index >= 15 is 0 Å². The zero-order chi connectivity index (χ0) is 13.1. The SMILES string of the molecule is CCC1CCCC(C(N)c2ccc(C)c(F)c2)C1. The normalized spacial score (nSPS) is 26.0. The van der Waals surface area contributed by atoms with Crippen LogP contribution in [0.3, 0.4) is 0 Å². The van der Waals surface area contributed by atoms with E-state index in [0.717, 1.165) is 11.5 Å². The van der Waals surface area contributed by atoms with Gasteiger partial charge in [-0.05, 0) is 48.8 Å². The third kappa shape index (κ3) is 2.92. The minimum Gasteiger partial charge on any atom is -0.324 e. The van der Waals surface area contributed by atoms with E-state index in [9.17, 15) is 4.39 Å². The molecule has 1 fully saturated rings. The van der Waals surface area contributed by atoms with Gasteiger partial charge in [-0.3, -0.25) is 0 Å². The molecule has 0 bridgehead atoms. The summed E-state index contributed by atoms with van der Waals surface area (Å²) >= 11 is 0. The van der Waals surface area contributed by atoms with Gasteiger partial charge in [0.05, 0.1) is 0 Å². The maximum absolute atomic E-state index is 13.6. The van der Waals surface area contributed by atoms with E-state index in [1.165, 1.54) is 32.1 Å². The quantitative estimate of drug-likeness (QED) is 0.846. The second-order valence-corrected chi connectivity index (χ2v) is 5.74. The summed E-state index contributed by atoms with van der Waals surface area (Å²) in [5.74, 6) is 1.20. The zero-order valence-corrected chi connectivity index (χ0v) is 11.5. The Kier molecular flexibility index (Phi) is 4.39. The number of hydrogen-bond donors (Lipinski definition) is 1. The van der Waals surface area contributed by atoms with Gasteiger partial charge < -0.3 is 5.73 Å². The molecule has 0 radical (unpaired) electrons. The second kappa shape index (κ2) is 5.83. The lowest BCUT2D eigenvalue weighted by Crippen LogP contribution is -2.27. The summed E-state index contributed by atoms with van der Waals surface area (Å²) in [6.07, 6.45) is 6.24.